The quantitative estimate of drug-likeness (QED) is 0.829. The third-order valence-electron chi connectivity index (χ3n) is 3.00. The third-order valence-corrected chi connectivity index (χ3v) is 4.01. The Kier molecular flexibility index (Phi) is 4.25. The second-order valence-electron chi connectivity index (χ2n) is 4.32. The second kappa shape index (κ2) is 5.50. The minimum absolute atomic E-state index is 0.812. The highest BCUT2D eigenvalue weighted by Crippen LogP contribution is 2.22. The van der Waals surface area contributed by atoms with Crippen molar-refractivity contribution in [3.63, 3.8) is 0 Å². The van der Waals surface area contributed by atoms with Gasteiger partial charge in [-0.3, -0.25) is 4.90 Å². The maximum Gasteiger partial charge on any atom is 0.0410 e. The van der Waals surface area contributed by atoms with Gasteiger partial charge >= 0.3 is 0 Å². The number of nitrogens with zero attached hydrogens (tertiary/aromatic N) is 2. The lowest BCUT2D eigenvalue weighted by molar-refractivity contribution is 0.148. The molecule has 0 unspecified atom stereocenters. The molecular weight excluding hydrogens is 288 g/mol. The first-order chi connectivity index (χ1) is 7.65. The molecule has 0 saturated carbocycles. The molecule has 1 aromatic rings. The summed E-state index contributed by atoms with van der Waals surface area (Å²) in [4.78, 5) is 4.83. The van der Waals surface area contributed by atoms with Gasteiger partial charge in [-0.15, -0.1) is 0 Å². The summed E-state index contributed by atoms with van der Waals surface area (Å²) in [6.07, 6.45) is 0. The molecule has 0 aliphatic carbocycles. The van der Waals surface area contributed by atoms with Crippen molar-refractivity contribution in [1.82, 2.24) is 9.80 Å². The van der Waals surface area contributed by atoms with Gasteiger partial charge in [-0.05, 0) is 30.8 Å². The van der Waals surface area contributed by atoms with Crippen molar-refractivity contribution in [2.45, 2.75) is 6.54 Å². The smallest absolute Gasteiger partial charge is 0.0410 e. The molecule has 16 heavy (non-hydrogen) atoms. The topological polar surface area (TPSA) is 6.48 Å². The summed E-state index contributed by atoms with van der Waals surface area (Å²) in [6.45, 7) is 5.55. The number of halogens is 2. The van der Waals surface area contributed by atoms with Crippen LogP contribution in [-0.4, -0.2) is 43.0 Å². The second-order valence-corrected chi connectivity index (χ2v) is 5.61. The molecule has 88 valence electrons. The van der Waals surface area contributed by atoms with Gasteiger partial charge in [-0.2, -0.15) is 0 Å². The average molecular weight is 304 g/mol. The lowest BCUT2D eigenvalue weighted by Crippen LogP contribution is -2.43. The molecule has 1 saturated heterocycles. The molecule has 1 heterocycles. The fraction of sp³-hybridized carbons (Fsp3) is 0.500. The fourth-order valence-corrected chi connectivity index (χ4v) is 2.48. The van der Waals surface area contributed by atoms with Gasteiger partial charge < -0.3 is 4.90 Å². The van der Waals surface area contributed by atoms with Crippen molar-refractivity contribution >= 4 is 27.5 Å². The molecule has 0 N–H and O–H groups in total. The molecule has 2 nitrogen and oxygen atoms in total. The van der Waals surface area contributed by atoms with E-state index in [2.05, 4.69) is 32.8 Å². The normalized spacial score (nSPS) is 18.9. The van der Waals surface area contributed by atoms with Gasteiger partial charge in [0, 0.05) is 42.2 Å². The van der Waals surface area contributed by atoms with Crippen LogP contribution in [0.2, 0.25) is 5.02 Å². The lowest BCUT2D eigenvalue weighted by Gasteiger charge is -2.32. The van der Waals surface area contributed by atoms with Gasteiger partial charge in [0.15, 0.2) is 0 Å². The predicted octanol–water partition coefficient (Wildman–Crippen LogP) is 2.85. The van der Waals surface area contributed by atoms with Crippen LogP contribution >= 0.6 is 27.5 Å². The number of rotatable bonds is 2. The summed E-state index contributed by atoms with van der Waals surface area (Å²) >= 11 is 9.58. The van der Waals surface area contributed by atoms with Gasteiger partial charge in [0.25, 0.3) is 0 Å². The van der Waals surface area contributed by atoms with E-state index in [1.807, 2.05) is 18.2 Å². The van der Waals surface area contributed by atoms with E-state index >= 15 is 0 Å². The fourth-order valence-electron chi connectivity index (χ4n) is 1.91. The van der Waals surface area contributed by atoms with Crippen molar-refractivity contribution in [2.75, 3.05) is 33.2 Å². The standard InChI is InChI=1S/C12H16BrClN2/c1-15-4-6-16(7-5-15)9-10-8-11(14)2-3-12(10)13/h2-3,8H,4-7,9H2,1H3. The highest BCUT2D eigenvalue weighted by molar-refractivity contribution is 9.10. The Morgan fingerprint density at radius 3 is 2.62 bits per heavy atom. The van der Waals surface area contributed by atoms with Gasteiger partial charge in [0.05, 0.1) is 0 Å². The van der Waals surface area contributed by atoms with Gasteiger partial charge in [0.1, 0.15) is 0 Å². The predicted molar refractivity (Wildman–Crippen MR) is 71.9 cm³/mol. The van der Waals surface area contributed by atoms with Crippen LogP contribution in [0.5, 0.6) is 0 Å². The minimum atomic E-state index is 0.812. The molecule has 1 fully saturated rings. The number of hydrogen-bond donors (Lipinski definition) is 0. The van der Waals surface area contributed by atoms with Crippen LogP contribution in [0, 0.1) is 0 Å². The molecule has 0 radical (unpaired) electrons. The van der Waals surface area contributed by atoms with Gasteiger partial charge in [0.2, 0.25) is 0 Å². The lowest BCUT2D eigenvalue weighted by atomic mass is 10.2. The molecule has 0 atom stereocenters. The number of hydrogen-bond acceptors (Lipinski definition) is 2. The first-order valence-corrected chi connectivity index (χ1v) is 6.67. The number of benzene rings is 1. The van der Waals surface area contributed by atoms with Crippen LogP contribution in [0.15, 0.2) is 22.7 Å². The van der Waals surface area contributed by atoms with E-state index in [1.165, 1.54) is 5.56 Å². The number of likely N-dealkylation sites (N-methyl/N-ethyl adjacent to an activating group) is 1. The van der Waals surface area contributed by atoms with Gasteiger partial charge in [-0.25, -0.2) is 0 Å². The zero-order valence-electron chi connectivity index (χ0n) is 9.42. The Morgan fingerprint density at radius 1 is 1.25 bits per heavy atom. The van der Waals surface area contributed by atoms with E-state index in [9.17, 15) is 0 Å². The SMILES string of the molecule is CN1CCN(Cc2cc(Cl)ccc2Br)CC1. The summed E-state index contributed by atoms with van der Waals surface area (Å²) in [7, 11) is 2.17. The highest BCUT2D eigenvalue weighted by atomic mass is 79.9. The maximum atomic E-state index is 6.01. The van der Waals surface area contributed by atoms with Crippen LogP contribution in [0.1, 0.15) is 5.56 Å². The Morgan fingerprint density at radius 2 is 1.94 bits per heavy atom. The Labute approximate surface area is 110 Å². The first-order valence-electron chi connectivity index (χ1n) is 5.50. The third kappa shape index (κ3) is 3.20. The maximum absolute atomic E-state index is 6.01. The average Bonchev–Trinajstić information content (AvgIpc) is 2.27. The summed E-state index contributed by atoms with van der Waals surface area (Å²) < 4.78 is 1.15. The van der Waals surface area contributed by atoms with Crippen molar-refractivity contribution in [1.29, 1.82) is 0 Å². The van der Waals surface area contributed by atoms with E-state index in [1.54, 1.807) is 0 Å². The largest absolute Gasteiger partial charge is 0.304 e. The summed E-state index contributed by atoms with van der Waals surface area (Å²) in [5.41, 5.74) is 1.28. The summed E-state index contributed by atoms with van der Waals surface area (Å²) in [5, 5.41) is 0.812. The Balaban J connectivity index is 2.00. The molecule has 1 aliphatic rings. The van der Waals surface area contributed by atoms with Crippen LogP contribution < -0.4 is 0 Å². The zero-order chi connectivity index (χ0) is 11.5. The van der Waals surface area contributed by atoms with E-state index in [4.69, 9.17) is 11.6 Å². The van der Waals surface area contributed by atoms with E-state index in [0.29, 0.717) is 0 Å². The monoisotopic (exact) mass is 302 g/mol. The molecule has 0 amide bonds. The molecule has 0 aromatic heterocycles. The summed E-state index contributed by atoms with van der Waals surface area (Å²) in [5.74, 6) is 0. The number of piperazine rings is 1. The Hall–Kier alpha value is -0.0900. The first kappa shape index (κ1) is 12.4. The summed E-state index contributed by atoms with van der Waals surface area (Å²) in [6, 6.07) is 5.98. The van der Waals surface area contributed by atoms with Crippen molar-refractivity contribution < 1.29 is 0 Å². The highest BCUT2D eigenvalue weighted by Gasteiger charge is 2.14. The van der Waals surface area contributed by atoms with E-state index in [0.717, 1.165) is 42.2 Å². The van der Waals surface area contributed by atoms with E-state index < -0.39 is 0 Å². The molecule has 4 heteroatoms. The van der Waals surface area contributed by atoms with Crippen molar-refractivity contribution in [3.8, 4) is 0 Å². The molecule has 0 spiro atoms. The van der Waals surface area contributed by atoms with Crippen LogP contribution in [0.25, 0.3) is 0 Å². The van der Waals surface area contributed by atoms with Crippen LogP contribution in [0.4, 0.5) is 0 Å². The zero-order valence-corrected chi connectivity index (χ0v) is 11.8. The molecule has 1 aromatic carbocycles. The Bertz CT molecular complexity index is 362. The molecule has 2 rings (SSSR count). The molecular formula is C12H16BrClN2. The molecule has 1 aliphatic heterocycles. The minimum Gasteiger partial charge on any atom is -0.304 e. The molecule has 0 bridgehead atoms. The van der Waals surface area contributed by atoms with E-state index in [-0.39, 0.29) is 0 Å². The van der Waals surface area contributed by atoms with Gasteiger partial charge in [-0.1, -0.05) is 27.5 Å². The van der Waals surface area contributed by atoms with Crippen molar-refractivity contribution in [3.05, 3.63) is 33.3 Å². The van der Waals surface area contributed by atoms with Crippen molar-refractivity contribution in [2.24, 2.45) is 0 Å². The van der Waals surface area contributed by atoms with Crippen LogP contribution in [-0.2, 0) is 6.54 Å². The van der Waals surface area contributed by atoms with Crippen LogP contribution in [0.3, 0.4) is 0 Å².